The third-order valence-corrected chi connectivity index (χ3v) is 6.53. The zero-order chi connectivity index (χ0) is 25.8. The molecule has 1 fully saturated rings. The molecule has 1 atom stereocenters. The van der Waals surface area contributed by atoms with Crippen LogP contribution in [0.15, 0.2) is 48.5 Å². The van der Waals surface area contributed by atoms with Gasteiger partial charge in [0.1, 0.15) is 0 Å². The lowest BCUT2D eigenvalue weighted by Crippen LogP contribution is -2.47. The summed E-state index contributed by atoms with van der Waals surface area (Å²) in [5.74, 6) is -1.84. The van der Waals surface area contributed by atoms with E-state index in [1.807, 2.05) is 0 Å². The summed E-state index contributed by atoms with van der Waals surface area (Å²) < 4.78 is 5.08. The van der Waals surface area contributed by atoms with Crippen LogP contribution in [0.2, 0.25) is 0 Å². The van der Waals surface area contributed by atoms with E-state index in [1.165, 1.54) is 9.80 Å². The molecule has 2 heterocycles. The molecule has 9 heteroatoms. The first kappa shape index (κ1) is 25.1. The third kappa shape index (κ3) is 5.15. The van der Waals surface area contributed by atoms with Crippen LogP contribution in [-0.2, 0) is 20.9 Å². The highest BCUT2D eigenvalue weighted by atomic mass is 16.5. The number of rotatable bonds is 7. The third-order valence-electron chi connectivity index (χ3n) is 6.53. The fourth-order valence-corrected chi connectivity index (χ4v) is 4.57. The molecule has 2 aromatic carbocycles. The van der Waals surface area contributed by atoms with Gasteiger partial charge in [0.15, 0.2) is 0 Å². The van der Waals surface area contributed by atoms with Gasteiger partial charge in [-0.25, -0.2) is 0 Å². The van der Waals surface area contributed by atoms with Gasteiger partial charge < -0.3 is 14.5 Å². The van der Waals surface area contributed by atoms with Gasteiger partial charge >= 0.3 is 5.97 Å². The molecule has 0 aliphatic carbocycles. The number of ether oxygens (including phenoxy) is 1. The molecule has 0 saturated carbocycles. The smallest absolute Gasteiger partial charge is 0.310 e. The first-order valence-corrected chi connectivity index (χ1v) is 12.0. The van der Waals surface area contributed by atoms with E-state index in [0.717, 1.165) is 0 Å². The predicted molar refractivity (Wildman–Crippen MR) is 130 cm³/mol. The predicted octanol–water partition coefficient (Wildman–Crippen LogP) is 2.36. The van der Waals surface area contributed by atoms with E-state index < -0.39 is 0 Å². The number of imide groups is 1. The van der Waals surface area contributed by atoms with Crippen molar-refractivity contribution in [2.24, 2.45) is 5.92 Å². The molecule has 0 bridgehead atoms. The second-order valence-corrected chi connectivity index (χ2v) is 9.03. The van der Waals surface area contributed by atoms with Gasteiger partial charge in [-0.15, -0.1) is 0 Å². The van der Waals surface area contributed by atoms with Gasteiger partial charge in [-0.05, 0) is 49.6 Å². The second kappa shape index (κ2) is 10.7. The minimum Gasteiger partial charge on any atom is -0.466 e. The van der Waals surface area contributed by atoms with Gasteiger partial charge in [0.25, 0.3) is 17.7 Å². The molecule has 4 amide bonds. The molecule has 4 rings (SSSR count). The maximum absolute atomic E-state index is 12.9. The van der Waals surface area contributed by atoms with Crippen molar-refractivity contribution in [2.75, 3.05) is 33.3 Å². The quantitative estimate of drug-likeness (QED) is 0.435. The van der Waals surface area contributed by atoms with Crippen LogP contribution in [0.3, 0.4) is 0 Å². The number of piperidine rings is 1. The Morgan fingerprint density at radius 2 is 1.64 bits per heavy atom. The Hall–Kier alpha value is -4.01. The topological polar surface area (TPSA) is 104 Å². The Bertz CT molecular complexity index is 1160. The standard InChI is InChI=1S/C27H29N3O6/c1-3-36-27(35)20-7-6-14-29(16-20)23(31)17-28(2)24(32)19-12-10-18(11-13-19)15-30-25(33)21-8-4-5-9-22(21)26(30)34/h4-5,8-13,20H,3,6-7,14-17H2,1-2H3. The largest absolute Gasteiger partial charge is 0.466 e. The van der Waals surface area contributed by atoms with E-state index in [9.17, 15) is 24.0 Å². The van der Waals surface area contributed by atoms with Crippen molar-refractivity contribution in [3.8, 4) is 0 Å². The zero-order valence-electron chi connectivity index (χ0n) is 20.4. The van der Waals surface area contributed by atoms with Gasteiger partial charge in [-0.2, -0.15) is 0 Å². The number of benzene rings is 2. The maximum Gasteiger partial charge on any atom is 0.310 e. The number of likely N-dealkylation sites (N-methyl/N-ethyl adjacent to an activating group) is 1. The summed E-state index contributed by atoms with van der Waals surface area (Å²) in [6, 6.07) is 13.3. The van der Waals surface area contributed by atoms with Crippen LogP contribution in [0.4, 0.5) is 0 Å². The minimum atomic E-state index is -0.336. The molecule has 2 aliphatic heterocycles. The lowest BCUT2D eigenvalue weighted by atomic mass is 9.98. The fourth-order valence-electron chi connectivity index (χ4n) is 4.57. The first-order chi connectivity index (χ1) is 17.3. The summed E-state index contributed by atoms with van der Waals surface area (Å²) in [7, 11) is 1.56. The SMILES string of the molecule is CCOC(=O)C1CCCN(C(=O)CN(C)C(=O)c2ccc(CN3C(=O)c4ccccc4C3=O)cc2)C1. The molecule has 2 aliphatic rings. The van der Waals surface area contributed by atoms with Crippen molar-refractivity contribution >= 4 is 29.6 Å². The van der Waals surface area contributed by atoms with E-state index >= 15 is 0 Å². The van der Waals surface area contributed by atoms with Gasteiger partial charge in [0.2, 0.25) is 5.91 Å². The van der Waals surface area contributed by atoms with E-state index in [-0.39, 0.29) is 48.6 Å². The van der Waals surface area contributed by atoms with Gasteiger partial charge in [-0.1, -0.05) is 24.3 Å². The molecule has 0 aromatic heterocycles. The number of likely N-dealkylation sites (tertiary alicyclic amines) is 1. The molecule has 36 heavy (non-hydrogen) atoms. The van der Waals surface area contributed by atoms with Crippen LogP contribution in [0.5, 0.6) is 0 Å². The number of hydrogen-bond donors (Lipinski definition) is 0. The van der Waals surface area contributed by atoms with Crippen LogP contribution < -0.4 is 0 Å². The molecule has 1 unspecified atom stereocenters. The van der Waals surface area contributed by atoms with Crippen molar-refractivity contribution in [3.63, 3.8) is 0 Å². The Kier molecular flexibility index (Phi) is 7.47. The molecular weight excluding hydrogens is 462 g/mol. The number of esters is 1. The zero-order valence-corrected chi connectivity index (χ0v) is 20.4. The van der Waals surface area contributed by atoms with Crippen molar-refractivity contribution in [3.05, 3.63) is 70.8 Å². The minimum absolute atomic E-state index is 0.103. The number of fused-ring (bicyclic) bond motifs is 1. The lowest BCUT2D eigenvalue weighted by molar-refractivity contribution is -0.151. The summed E-state index contributed by atoms with van der Waals surface area (Å²) in [5, 5.41) is 0. The van der Waals surface area contributed by atoms with Crippen molar-refractivity contribution < 1.29 is 28.7 Å². The molecule has 2 aromatic rings. The van der Waals surface area contributed by atoms with E-state index in [1.54, 1.807) is 67.4 Å². The Morgan fingerprint density at radius 3 is 2.25 bits per heavy atom. The summed E-state index contributed by atoms with van der Waals surface area (Å²) in [6.07, 6.45) is 1.39. The van der Waals surface area contributed by atoms with Crippen LogP contribution in [0.25, 0.3) is 0 Å². The van der Waals surface area contributed by atoms with Crippen LogP contribution in [-0.4, -0.2) is 77.6 Å². The van der Waals surface area contributed by atoms with Gasteiger partial charge in [0, 0.05) is 25.7 Å². The fraction of sp³-hybridized carbons (Fsp3) is 0.370. The lowest BCUT2D eigenvalue weighted by Gasteiger charge is -2.32. The molecule has 1 saturated heterocycles. The highest BCUT2D eigenvalue weighted by Crippen LogP contribution is 2.24. The number of carbonyl (C=O) groups is 5. The Morgan fingerprint density at radius 1 is 1.00 bits per heavy atom. The Labute approximate surface area is 209 Å². The van der Waals surface area contributed by atoms with Crippen molar-refractivity contribution in [1.82, 2.24) is 14.7 Å². The summed E-state index contributed by atoms with van der Waals surface area (Å²) in [4.78, 5) is 67.0. The van der Waals surface area contributed by atoms with Crippen molar-refractivity contribution in [1.29, 1.82) is 0 Å². The number of nitrogens with zero attached hydrogens (tertiary/aromatic N) is 3. The molecular formula is C27H29N3O6. The average molecular weight is 492 g/mol. The summed E-state index contributed by atoms with van der Waals surface area (Å²) in [6.45, 7) is 2.89. The van der Waals surface area contributed by atoms with Crippen molar-refractivity contribution in [2.45, 2.75) is 26.3 Å². The van der Waals surface area contributed by atoms with E-state index in [2.05, 4.69) is 0 Å². The number of hydrogen-bond acceptors (Lipinski definition) is 6. The van der Waals surface area contributed by atoms with E-state index in [4.69, 9.17) is 4.74 Å². The molecule has 0 radical (unpaired) electrons. The highest BCUT2D eigenvalue weighted by Gasteiger charge is 2.35. The summed E-state index contributed by atoms with van der Waals surface area (Å²) >= 11 is 0. The molecule has 188 valence electrons. The first-order valence-electron chi connectivity index (χ1n) is 12.0. The molecule has 0 spiro atoms. The average Bonchev–Trinajstić information content (AvgIpc) is 3.13. The van der Waals surface area contributed by atoms with Crippen LogP contribution >= 0.6 is 0 Å². The van der Waals surface area contributed by atoms with Crippen LogP contribution in [0, 0.1) is 5.92 Å². The normalized spacial score (nSPS) is 17.1. The second-order valence-electron chi connectivity index (χ2n) is 9.03. The van der Waals surface area contributed by atoms with Gasteiger partial charge in [0.05, 0.1) is 36.7 Å². The van der Waals surface area contributed by atoms with E-state index in [0.29, 0.717) is 54.8 Å². The molecule has 0 N–H and O–H groups in total. The number of amides is 4. The highest BCUT2D eigenvalue weighted by molar-refractivity contribution is 6.21. The molecule has 9 nitrogen and oxygen atoms in total. The number of carbonyl (C=O) groups excluding carboxylic acids is 5. The van der Waals surface area contributed by atoms with Crippen LogP contribution in [0.1, 0.15) is 56.4 Å². The maximum atomic E-state index is 12.9. The Balaban J connectivity index is 1.33. The summed E-state index contributed by atoms with van der Waals surface area (Å²) in [5.41, 5.74) is 1.88. The van der Waals surface area contributed by atoms with Gasteiger partial charge in [-0.3, -0.25) is 28.9 Å². The monoisotopic (exact) mass is 491 g/mol.